The normalized spacial score (nSPS) is 14.0. The second kappa shape index (κ2) is 6.62. The van der Waals surface area contributed by atoms with Gasteiger partial charge in [-0.05, 0) is 24.3 Å². The van der Waals surface area contributed by atoms with E-state index in [1.54, 1.807) is 43.3 Å². The van der Waals surface area contributed by atoms with Crippen LogP contribution in [0.5, 0.6) is 0 Å². The summed E-state index contributed by atoms with van der Waals surface area (Å²) < 4.78 is 26.3. The van der Waals surface area contributed by atoms with Gasteiger partial charge in [-0.15, -0.1) is 0 Å². The minimum absolute atomic E-state index is 0.130. The van der Waals surface area contributed by atoms with E-state index in [1.807, 2.05) is 0 Å². The highest BCUT2D eigenvalue weighted by Gasteiger charge is 2.25. The van der Waals surface area contributed by atoms with E-state index in [0.717, 1.165) is 0 Å². The monoisotopic (exact) mass is 356 g/mol. The van der Waals surface area contributed by atoms with Crippen molar-refractivity contribution in [3.05, 3.63) is 71.4 Å². The van der Waals surface area contributed by atoms with Gasteiger partial charge in [0.05, 0.1) is 10.6 Å². The molecule has 25 heavy (non-hydrogen) atoms. The molecule has 1 aliphatic rings. The summed E-state index contributed by atoms with van der Waals surface area (Å²) in [5.74, 6) is -0.524. The standard InChI is InChI=1S/C18H16N2O4S/c1-2-19-25(23,24)13-9-7-12(8-10-13)20-16-11-17(21)14-5-3-4-6-15(14)18(16)22/h3-11,19-20H,2H2,1H3. The van der Waals surface area contributed by atoms with Gasteiger partial charge < -0.3 is 5.32 Å². The van der Waals surface area contributed by atoms with Crippen LogP contribution in [0, 0.1) is 0 Å². The average Bonchev–Trinajstić information content (AvgIpc) is 2.60. The van der Waals surface area contributed by atoms with Gasteiger partial charge in [0.15, 0.2) is 5.78 Å². The summed E-state index contributed by atoms with van der Waals surface area (Å²) in [4.78, 5) is 24.8. The highest BCUT2D eigenvalue weighted by molar-refractivity contribution is 7.89. The summed E-state index contributed by atoms with van der Waals surface area (Å²) in [6, 6.07) is 12.6. The number of carbonyl (C=O) groups excluding carboxylic acids is 2. The first-order valence-electron chi connectivity index (χ1n) is 7.69. The Morgan fingerprint density at radius 2 is 1.56 bits per heavy atom. The Bertz CT molecular complexity index is 976. The molecule has 7 heteroatoms. The molecule has 1 aliphatic carbocycles. The second-order valence-electron chi connectivity index (χ2n) is 5.45. The van der Waals surface area contributed by atoms with Crippen molar-refractivity contribution in [1.29, 1.82) is 0 Å². The van der Waals surface area contributed by atoms with Crippen LogP contribution in [0.3, 0.4) is 0 Å². The lowest BCUT2D eigenvalue weighted by molar-refractivity contribution is 0.0985. The molecule has 2 aromatic carbocycles. The zero-order chi connectivity index (χ0) is 18.0. The first-order chi connectivity index (χ1) is 11.9. The van der Waals surface area contributed by atoms with Crippen LogP contribution in [-0.4, -0.2) is 26.5 Å². The molecular formula is C18H16N2O4S. The van der Waals surface area contributed by atoms with E-state index >= 15 is 0 Å². The number of hydrogen-bond donors (Lipinski definition) is 2. The Morgan fingerprint density at radius 1 is 0.920 bits per heavy atom. The number of rotatable bonds is 5. The van der Waals surface area contributed by atoms with Crippen molar-refractivity contribution in [3.63, 3.8) is 0 Å². The van der Waals surface area contributed by atoms with E-state index in [-0.39, 0.29) is 22.2 Å². The fourth-order valence-electron chi connectivity index (χ4n) is 2.55. The van der Waals surface area contributed by atoms with Gasteiger partial charge in [0.1, 0.15) is 0 Å². The summed E-state index contributed by atoms with van der Waals surface area (Å²) in [5.41, 5.74) is 1.40. The molecule has 0 spiro atoms. The summed E-state index contributed by atoms with van der Waals surface area (Å²) in [6.45, 7) is 1.99. The van der Waals surface area contributed by atoms with Crippen molar-refractivity contribution >= 4 is 27.3 Å². The molecule has 0 saturated heterocycles. The first-order valence-corrected chi connectivity index (χ1v) is 9.17. The molecule has 0 heterocycles. The van der Waals surface area contributed by atoms with Crippen molar-refractivity contribution < 1.29 is 18.0 Å². The predicted octanol–water partition coefficient (Wildman–Crippen LogP) is 2.36. The molecule has 2 N–H and O–H groups in total. The lowest BCUT2D eigenvalue weighted by atomic mass is 9.92. The maximum Gasteiger partial charge on any atom is 0.240 e. The molecular weight excluding hydrogens is 340 g/mol. The van der Waals surface area contributed by atoms with Crippen LogP contribution in [0.15, 0.2) is 65.2 Å². The van der Waals surface area contributed by atoms with Crippen LogP contribution in [0.2, 0.25) is 0 Å². The highest BCUT2D eigenvalue weighted by Crippen LogP contribution is 2.23. The smallest absolute Gasteiger partial charge is 0.240 e. The number of ketones is 2. The number of fused-ring (bicyclic) bond motifs is 1. The number of carbonyl (C=O) groups is 2. The molecule has 6 nitrogen and oxygen atoms in total. The molecule has 128 valence electrons. The van der Waals surface area contributed by atoms with Gasteiger partial charge in [0, 0.05) is 29.4 Å². The number of anilines is 1. The van der Waals surface area contributed by atoms with Gasteiger partial charge in [-0.3, -0.25) is 9.59 Å². The minimum atomic E-state index is -3.53. The largest absolute Gasteiger partial charge is 0.352 e. The maximum atomic E-state index is 12.5. The summed E-state index contributed by atoms with van der Waals surface area (Å²) in [6.07, 6.45) is 1.26. The second-order valence-corrected chi connectivity index (χ2v) is 7.21. The lowest BCUT2D eigenvalue weighted by Gasteiger charge is -2.16. The number of hydrogen-bond acceptors (Lipinski definition) is 5. The summed E-state index contributed by atoms with van der Waals surface area (Å²) in [5, 5.41) is 2.89. The quantitative estimate of drug-likeness (QED) is 0.858. The van der Waals surface area contributed by atoms with Gasteiger partial charge in [0.25, 0.3) is 0 Å². The molecule has 0 unspecified atom stereocenters. The topological polar surface area (TPSA) is 92.3 Å². The van der Waals surface area contributed by atoms with Gasteiger partial charge in [-0.25, -0.2) is 13.1 Å². The summed E-state index contributed by atoms with van der Waals surface area (Å²) >= 11 is 0. The Morgan fingerprint density at radius 3 is 2.20 bits per heavy atom. The first kappa shape index (κ1) is 17.1. The molecule has 0 aliphatic heterocycles. The van der Waals surface area contributed by atoms with Crippen molar-refractivity contribution in [1.82, 2.24) is 4.72 Å². The van der Waals surface area contributed by atoms with Crippen LogP contribution in [0.1, 0.15) is 27.6 Å². The number of Topliss-reactive ketones (excluding diaryl/α,β-unsaturated/α-hetero) is 1. The third kappa shape index (κ3) is 3.38. The number of allylic oxidation sites excluding steroid dienone is 2. The van der Waals surface area contributed by atoms with E-state index in [1.165, 1.54) is 18.2 Å². The molecule has 2 aromatic rings. The van der Waals surface area contributed by atoms with E-state index < -0.39 is 10.0 Å². The zero-order valence-electron chi connectivity index (χ0n) is 13.4. The molecule has 0 saturated carbocycles. The van der Waals surface area contributed by atoms with E-state index in [9.17, 15) is 18.0 Å². The van der Waals surface area contributed by atoms with Gasteiger partial charge in [-0.1, -0.05) is 31.2 Å². The van der Waals surface area contributed by atoms with Crippen LogP contribution >= 0.6 is 0 Å². The molecule has 0 radical (unpaired) electrons. The van der Waals surface area contributed by atoms with Crippen molar-refractivity contribution in [2.45, 2.75) is 11.8 Å². The molecule has 0 atom stereocenters. The highest BCUT2D eigenvalue weighted by atomic mass is 32.2. The summed E-state index contributed by atoms with van der Waals surface area (Å²) in [7, 11) is -3.53. The molecule has 0 bridgehead atoms. The number of nitrogens with one attached hydrogen (secondary N) is 2. The molecule has 3 rings (SSSR count). The van der Waals surface area contributed by atoms with Crippen molar-refractivity contribution in [2.75, 3.05) is 11.9 Å². The molecule has 0 fully saturated rings. The fourth-order valence-corrected chi connectivity index (χ4v) is 3.60. The lowest BCUT2D eigenvalue weighted by Crippen LogP contribution is -2.23. The zero-order valence-corrected chi connectivity index (χ0v) is 14.3. The van der Waals surface area contributed by atoms with Crippen LogP contribution in [-0.2, 0) is 10.0 Å². The SMILES string of the molecule is CCNS(=O)(=O)c1ccc(NC2=CC(=O)c3ccccc3C2=O)cc1. The number of sulfonamides is 1. The van der Waals surface area contributed by atoms with Gasteiger partial charge in [0.2, 0.25) is 15.8 Å². The van der Waals surface area contributed by atoms with Crippen LogP contribution < -0.4 is 10.0 Å². The predicted molar refractivity (Wildman–Crippen MR) is 94.1 cm³/mol. The van der Waals surface area contributed by atoms with Gasteiger partial charge in [-0.2, -0.15) is 0 Å². The third-order valence-corrected chi connectivity index (χ3v) is 5.30. The minimum Gasteiger partial charge on any atom is -0.352 e. The van der Waals surface area contributed by atoms with Crippen molar-refractivity contribution in [3.8, 4) is 0 Å². The Balaban J connectivity index is 1.84. The van der Waals surface area contributed by atoms with E-state index in [4.69, 9.17) is 0 Å². The van der Waals surface area contributed by atoms with E-state index in [2.05, 4.69) is 10.0 Å². The maximum absolute atomic E-state index is 12.5. The molecule has 0 amide bonds. The number of benzene rings is 2. The third-order valence-electron chi connectivity index (χ3n) is 3.74. The van der Waals surface area contributed by atoms with Crippen molar-refractivity contribution in [2.24, 2.45) is 0 Å². The Hall–Kier alpha value is -2.77. The average molecular weight is 356 g/mol. The van der Waals surface area contributed by atoms with E-state index in [0.29, 0.717) is 23.4 Å². The molecule has 0 aromatic heterocycles. The van der Waals surface area contributed by atoms with Gasteiger partial charge >= 0.3 is 0 Å². The fraction of sp³-hybridized carbons (Fsp3) is 0.111. The Labute approximate surface area is 145 Å². The Kier molecular flexibility index (Phi) is 4.52. The van der Waals surface area contributed by atoms with Crippen LogP contribution in [0.25, 0.3) is 0 Å². The van der Waals surface area contributed by atoms with Crippen LogP contribution in [0.4, 0.5) is 5.69 Å².